The highest BCUT2D eigenvalue weighted by molar-refractivity contribution is 7.09. The highest BCUT2D eigenvalue weighted by Crippen LogP contribution is 2.25. The number of ether oxygens (including phenoxy) is 1. The summed E-state index contributed by atoms with van der Waals surface area (Å²) in [6.07, 6.45) is 0. The van der Waals surface area contributed by atoms with E-state index in [4.69, 9.17) is 9.84 Å². The first kappa shape index (κ1) is 13.9. The zero-order valence-electron chi connectivity index (χ0n) is 10.4. The molecule has 0 saturated heterocycles. The van der Waals surface area contributed by atoms with E-state index in [0.717, 1.165) is 11.8 Å². The maximum atomic E-state index is 11.1. The number of aromatic carboxylic acids is 1. The number of carboxylic acid groups (broad SMARTS) is 1. The molecule has 0 aliphatic rings. The van der Waals surface area contributed by atoms with Gasteiger partial charge in [0.1, 0.15) is 22.9 Å². The lowest BCUT2D eigenvalue weighted by atomic mass is 10.2. The van der Waals surface area contributed by atoms with Crippen LogP contribution in [0.4, 0.5) is 5.69 Å². The fourth-order valence-corrected chi connectivity index (χ4v) is 2.22. The third-order valence-corrected chi connectivity index (χ3v) is 3.36. The number of non-ortho nitro benzene ring substituents is 1. The van der Waals surface area contributed by atoms with Gasteiger partial charge in [-0.15, -0.1) is 11.3 Å². The first-order chi connectivity index (χ1) is 9.47. The van der Waals surface area contributed by atoms with Crippen molar-refractivity contribution in [2.24, 2.45) is 0 Å². The average molecular weight is 294 g/mol. The summed E-state index contributed by atoms with van der Waals surface area (Å²) in [6.45, 7) is 1.96. The Labute approximate surface area is 117 Å². The summed E-state index contributed by atoms with van der Waals surface area (Å²) in [5.74, 6) is -1.20. The van der Waals surface area contributed by atoms with Crippen molar-refractivity contribution in [3.05, 3.63) is 50.0 Å². The van der Waals surface area contributed by atoms with Gasteiger partial charge in [-0.1, -0.05) is 0 Å². The van der Waals surface area contributed by atoms with Gasteiger partial charge in [0.25, 0.3) is 5.69 Å². The molecule has 1 heterocycles. The van der Waals surface area contributed by atoms with Crippen molar-refractivity contribution in [1.82, 2.24) is 4.98 Å². The molecule has 0 amide bonds. The minimum atomic E-state index is -1.28. The summed E-state index contributed by atoms with van der Waals surface area (Å²) in [4.78, 5) is 25.3. The van der Waals surface area contributed by atoms with Crippen LogP contribution in [0.3, 0.4) is 0 Å². The molecule has 0 saturated carbocycles. The molecule has 0 fully saturated rings. The summed E-state index contributed by atoms with van der Waals surface area (Å²) >= 11 is 1.40. The molecule has 0 aliphatic carbocycles. The number of benzene rings is 1. The summed E-state index contributed by atoms with van der Waals surface area (Å²) < 4.78 is 5.38. The van der Waals surface area contributed by atoms with E-state index in [1.165, 1.54) is 23.5 Å². The van der Waals surface area contributed by atoms with E-state index in [-0.39, 0.29) is 23.6 Å². The lowest BCUT2D eigenvalue weighted by molar-refractivity contribution is -0.384. The van der Waals surface area contributed by atoms with Gasteiger partial charge in [0.05, 0.1) is 4.92 Å². The highest BCUT2D eigenvalue weighted by atomic mass is 32.1. The first-order valence-corrected chi connectivity index (χ1v) is 6.41. The molecule has 0 unspecified atom stereocenters. The van der Waals surface area contributed by atoms with Gasteiger partial charge >= 0.3 is 5.97 Å². The van der Waals surface area contributed by atoms with Crippen molar-refractivity contribution in [3.63, 3.8) is 0 Å². The van der Waals surface area contributed by atoms with Gasteiger partial charge in [-0.25, -0.2) is 9.78 Å². The molecule has 2 aromatic rings. The molecule has 0 aliphatic heterocycles. The Bertz CT molecular complexity index is 668. The number of carboxylic acids is 1. The SMILES string of the molecule is Cc1csc(COc2ccc([N+](=O)[O-])cc2C(=O)O)n1. The van der Waals surface area contributed by atoms with Crippen LogP contribution in [-0.2, 0) is 6.61 Å². The van der Waals surface area contributed by atoms with Crippen LogP contribution >= 0.6 is 11.3 Å². The Hall–Kier alpha value is -2.48. The van der Waals surface area contributed by atoms with E-state index in [1.807, 2.05) is 12.3 Å². The van der Waals surface area contributed by atoms with Gasteiger partial charge in [-0.3, -0.25) is 10.1 Å². The van der Waals surface area contributed by atoms with E-state index < -0.39 is 10.9 Å². The lowest BCUT2D eigenvalue weighted by Crippen LogP contribution is -2.04. The van der Waals surface area contributed by atoms with Crippen molar-refractivity contribution in [1.29, 1.82) is 0 Å². The Morgan fingerprint density at radius 2 is 2.30 bits per heavy atom. The Morgan fingerprint density at radius 3 is 2.85 bits per heavy atom. The monoisotopic (exact) mass is 294 g/mol. The topological polar surface area (TPSA) is 103 Å². The first-order valence-electron chi connectivity index (χ1n) is 5.53. The Kier molecular flexibility index (Phi) is 3.94. The molecule has 104 valence electrons. The number of hydrogen-bond acceptors (Lipinski definition) is 6. The zero-order chi connectivity index (χ0) is 14.7. The minimum absolute atomic E-state index is 0.0796. The molecule has 1 N–H and O–H groups in total. The van der Waals surface area contributed by atoms with E-state index in [0.29, 0.717) is 5.01 Å². The molecule has 0 bridgehead atoms. The van der Waals surface area contributed by atoms with Gasteiger partial charge in [-0.2, -0.15) is 0 Å². The van der Waals surface area contributed by atoms with Crippen molar-refractivity contribution in [3.8, 4) is 5.75 Å². The Balaban J connectivity index is 2.22. The van der Waals surface area contributed by atoms with E-state index in [9.17, 15) is 14.9 Å². The number of nitro benzene ring substituents is 1. The van der Waals surface area contributed by atoms with Gasteiger partial charge in [0, 0.05) is 23.2 Å². The molecule has 2 rings (SSSR count). The summed E-state index contributed by atoms with van der Waals surface area (Å²) in [6, 6.07) is 3.46. The highest BCUT2D eigenvalue weighted by Gasteiger charge is 2.17. The van der Waals surface area contributed by atoms with Gasteiger partial charge < -0.3 is 9.84 Å². The van der Waals surface area contributed by atoms with Crippen molar-refractivity contribution in [2.45, 2.75) is 13.5 Å². The molecule has 1 aromatic heterocycles. The number of aromatic nitrogens is 1. The zero-order valence-corrected chi connectivity index (χ0v) is 11.2. The molecular weight excluding hydrogens is 284 g/mol. The summed E-state index contributed by atoms with van der Waals surface area (Å²) in [5.41, 5.74) is 0.322. The van der Waals surface area contributed by atoms with Crippen LogP contribution in [-0.4, -0.2) is 21.0 Å². The fraction of sp³-hybridized carbons (Fsp3) is 0.167. The smallest absolute Gasteiger partial charge is 0.339 e. The fourth-order valence-electron chi connectivity index (χ4n) is 1.53. The predicted molar refractivity (Wildman–Crippen MR) is 71.2 cm³/mol. The lowest BCUT2D eigenvalue weighted by Gasteiger charge is -2.07. The molecular formula is C12H10N2O5S. The molecule has 7 nitrogen and oxygen atoms in total. The van der Waals surface area contributed by atoms with Crippen LogP contribution < -0.4 is 4.74 Å². The number of thiazole rings is 1. The van der Waals surface area contributed by atoms with Crippen LogP contribution in [0.2, 0.25) is 0 Å². The van der Waals surface area contributed by atoms with Crippen LogP contribution in [0, 0.1) is 17.0 Å². The van der Waals surface area contributed by atoms with Gasteiger partial charge in [0.15, 0.2) is 0 Å². The second kappa shape index (κ2) is 5.66. The molecule has 0 radical (unpaired) electrons. The summed E-state index contributed by atoms with van der Waals surface area (Å²) in [5, 5.41) is 22.2. The van der Waals surface area contributed by atoms with Crippen LogP contribution in [0.25, 0.3) is 0 Å². The summed E-state index contributed by atoms with van der Waals surface area (Å²) in [7, 11) is 0. The molecule has 0 spiro atoms. The minimum Gasteiger partial charge on any atom is -0.486 e. The number of rotatable bonds is 5. The van der Waals surface area contributed by atoms with Crippen LogP contribution in [0.15, 0.2) is 23.6 Å². The molecule has 20 heavy (non-hydrogen) atoms. The quantitative estimate of drug-likeness (QED) is 0.671. The van der Waals surface area contributed by atoms with Crippen molar-refractivity contribution in [2.75, 3.05) is 0 Å². The van der Waals surface area contributed by atoms with Gasteiger partial charge in [0.2, 0.25) is 0 Å². The van der Waals surface area contributed by atoms with Gasteiger partial charge in [-0.05, 0) is 13.0 Å². The number of nitro groups is 1. The number of hydrogen-bond donors (Lipinski definition) is 1. The third-order valence-electron chi connectivity index (χ3n) is 2.42. The maximum Gasteiger partial charge on any atom is 0.339 e. The van der Waals surface area contributed by atoms with Crippen molar-refractivity contribution < 1.29 is 19.6 Å². The Morgan fingerprint density at radius 1 is 1.55 bits per heavy atom. The number of carbonyl (C=O) groups is 1. The van der Waals surface area contributed by atoms with Crippen molar-refractivity contribution >= 4 is 23.0 Å². The average Bonchev–Trinajstić information content (AvgIpc) is 2.81. The second-order valence-electron chi connectivity index (χ2n) is 3.91. The van der Waals surface area contributed by atoms with Crippen LogP contribution in [0.5, 0.6) is 5.75 Å². The number of aryl methyl sites for hydroxylation is 1. The second-order valence-corrected chi connectivity index (χ2v) is 4.86. The van der Waals surface area contributed by atoms with E-state index in [1.54, 1.807) is 0 Å². The standard InChI is InChI=1S/C12H10N2O5S/c1-7-6-20-11(13-7)5-19-10-3-2-8(14(17)18)4-9(10)12(15)16/h2-4,6H,5H2,1H3,(H,15,16). The van der Waals surface area contributed by atoms with Crippen LogP contribution in [0.1, 0.15) is 21.1 Å². The molecule has 1 aromatic carbocycles. The normalized spacial score (nSPS) is 10.2. The predicted octanol–water partition coefficient (Wildman–Crippen LogP) is 2.64. The van der Waals surface area contributed by atoms with E-state index in [2.05, 4.69) is 4.98 Å². The largest absolute Gasteiger partial charge is 0.486 e. The maximum absolute atomic E-state index is 11.1. The number of nitrogens with zero attached hydrogens (tertiary/aromatic N) is 2. The van der Waals surface area contributed by atoms with E-state index >= 15 is 0 Å². The molecule has 0 atom stereocenters. The molecule has 8 heteroatoms. The third kappa shape index (κ3) is 3.09.